The van der Waals surface area contributed by atoms with E-state index in [1.165, 1.54) is 44.6 Å². The van der Waals surface area contributed by atoms with Crippen LogP contribution in [0.4, 0.5) is 0 Å². The third kappa shape index (κ3) is 5.83. The Balaban J connectivity index is 2.29. The molecule has 1 unspecified atom stereocenters. The smallest absolute Gasteiger partial charge is 0.135 e. The molecule has 0 N–H and O–H groups in total. The molecule has 16 heavy (non-hydrogen) atoms. The first-order valence-corrected chi connectivity index (χ1v) is 10.7. The van der Waals surface area contributed by atoms with E-state index in [1.807, 2.05) is 0 Å². The lowest BCUT2D eigenvalue weighted by Crippen LogP contribution is -2.21. The zero-order valence-corrected chi connectivity index (χ0v) is 12.3. The molecular weight excluding hydrogens is 212 g/mol. The average molecular weight is 240 g/mol. The maximum atomic E-state index is 11.9. The van der Waals surface area contributed by atoms with E-state index in [1.54, 1.807) is 0 Å². The van der Waals surface area contributed by atoms with Crippen molar-refractivity contribution in [2.45, 2.75) is 77.1 Å². The van der Waals surface area contributed by atoms with Gasteiger partial charge in [0.25, 0.3) is 0 Å². The SMILES string of the molecule is C[Si](C)(C)CCCC1CCCCCCC1=O. The highest BCUT2D eigenvalue weighted by Gasteiger charge is 2.20. The van der Waals surface area contributed by atoms with E-state index in [0.29, 0.717) is 11.7 Å². The predicted molar refractivity (Wildman–Crippen MR) is 73.6 cm³/mol. The number of rotatable bonds is 4. The third-order valence-corrected chi connectivity index (χ3v) is 5.51. The van der Waals surface area contributed by atoms with Crippen LogP contribution in [0.2, 0.25) is 25.7 Å². The third-order valence-electron chi connectivity index (χ3n) is 3.66. The molecule has 1 aliphatic rings. The molecule has 0 radical (unpaired) electrons. The first-order valence-electron chi connectivity index (χ1n) is 7.02. The molecule has 0 aromatic rings. The molecule has 0 saturated heterocycles. The molecule has 1 fully saturated rings. The normalized spacial score (nSPS) is 23.9. The molecule has 1 saturated carbocycles. The van der Waals surface area contributed by atoms with Crippen LogP contribution < -0.4 is 0 Å². The second-order valence-electron chi connectivity index (χ2n) is 6.57. The summed E-state index contributed by atoms with van der Waals surface area (Å²) in [5.74, 6) is 0.979. The molecule has 0 bridgehead atoms. The molecule has 0 aliphatic heterocycles. The summed E-state index contributed by atoms with van der Waals surface area (Å²) in [6.45, 7) is 7.27. The minimum absolute atomic E-state index is 0.414. The van der Waals surface area contributed by atoms with E-state index >= 15 is 0 Å². The van der Waals surface area contributed by atoms with Gasteiger partial charge in [-0.1, -0.05) is 51.4 Å². The van der Waals surface area contributed by atoms with Gasteiger partial charge in [-0.3, -0.25) is 4.79 Å². The lowest BCUT2D eigenvalue weighted by Gasteiger charge is -2.21. The van der Waals surface area contributed by atoms with E-state index in [4.69, 9.17) is 0 Å². The zero-order valence-electron chi connectivity index (χ0n) is 11.3. The van der Waals surface area contributed by atoms with Crippen molar-refractivity contribution in [3.63, 3.8) is 0 Å². The highest BCUT2D eigenvalue weighted by Crippen LogP contribution is 2.25. The van der Waals surface area contributed by atoms with Crippen molar-refractivity contribution in [3.05, 3.63) is 0 Å². The van der Waals surface area contributed by atoms with Gasteiger partial charge < -0.3 is 0 Å². The van der Waals surface area contributed by atoms with Gasteiger partial charge >= 0.3 is 0 Å². The molecule has 1 nitrogen and oxygen atoms in total. The van der Waals surface area contributed by atoms with Crippen molar-refractivity contribution in [3.8, 4) is 0 Å². The van der Waals surface area contributed by atoms with Gasteiger partial charge in [0.2, 0.25) is 0 Å². The van der Waals surface area contributed by atoms with Crippen LogP contribution in [-0.2, 0) is 4.79 Å². The van der Waals surface area contributed by atoms with Gasteiger partial charge in [-0.15, -0.1) is 0 Å². The number of carbonyl (C=O) groups excluding carboxylic acids is 1. The summed E-state index contributed by atoms with van der Waals surface area (Å²) in [4.78, 5) is 11.9. The van der Waals surface area contributed by atoms with Crippen LogP contribution in [0.3, 0.4) is 0 Å². The Morgan fingerprint density at radius 3 is 2.50 bits per heavy atom. The van der Waals surface area contributed by atoms with Crippen molar-refractivity contribution >= 4 is 13.9 Å². The van der Waals surface area contributed by atoms with Gasteiger partial charge in [-0.05, 0) is 19.3 Å². The topological polar surface area (TPSA) is 17.1 Å². The van der Waals surface area contributed by atoms with Gasteiger partial charge in [-0.25, -0.2) is 0 Å². The molecule has 0 spiro atoms. The van der Waals surface area contributed by atoms with Gasteiger partial charge in [0.15, 0.2) is 0 Å². The zero-order chi connectivity index (χ0) is 12.0. The second kappa shape index (κ2) is 6.58. The average Bonchev–Trinajstić information content (AvgIpc) is 2.15. The van der Waals surface area contributed by atoms with Crippen LogP contribution in [0.15, 0.2) is 0 Å². The summed E-state index contributed by atoms with van der Waals surface area (Å²) in [5, 5.41) is 0. The van der Waals surface area contributed by atoms with Crippen molar-refractivity contribution in [1.82, 2.24) is 0 Å². The molecular formula is C14H28OSi. The van der Waals surface area contributed by atoms with Crippen molar-refractivity contribution < 1.29 is 4.79 Å². The van der Waals surface area contributed by atoms with Gasteiger partial charge in [-0.2, -0.15) is 0 Å². The van der Waals surface area contributed by atoms with E-state index < -0.39 is 8.07 Å². The fourth-order valence-electron chi connectivity index (χ4n) is 2.59. The lowest BCUT2D eigenvalue weighted by molar-refractivity contribution is -0.123. The Bertz CT molecular complexity index is 217. The van der Waals surface area contributed by atoms with Crippen LogP contribution in [0.25, 0.3) is 0 Å². The van der Waals surface area contributed by atoms with Crippen LogP contribution in [-0.4, -0.2) is 13.9 Å². The van der Waals surface area contributed by atoms with Crippen LogP contribution >= 0.6 is 0 Å². The number of hydrogen-bond acceptors (Lipinski definition) is 1. The Labute approximate surface area is 102 Å². The summed E-state index contributed by atoms with van der Waals surface area (Å²) in [5.41, 5.74) is 0. The number of Topliss-reactive ketones (excluding diaryl/α,β-unsaturated/α-hetero) is 1. The molecule has 2 heteroatoms. The van der Waals surface area contributed by atoms with E-state index in [-0.39, 0.29) is 0 Å². The number of carbonyl (C=O) groups is 1. The molecule has 1 rings (SSSR count). The summed E-state index contributed by atoms with van der Waals surface area (Å²) in [7, 11) is -0.898. The summed E-state index contributed by atoms with van der Waals surface area (Å²) < 4.78 is 0. The fourth-order valence-corrected chi connectivity index (χ4v) is 3.86. The molecule has 0 aromatic heterocycles. The Morgan fingerprint density at radius 2 is 1.81 bits per heavy atom. The maximum Gasteiger partial charge on any atom is 0.135 e. The lowest BCUT2D eigenvalue weighted by atomic mass is 9.87. The standard InChI is InChI=1S/C14H28OSi/c1-16(2,3)12-8-10-13-9-6-4-5-7-11-14(13)15/h13H,4-12H2,1-3H3. The quantitative estimate of drug-likeness (QED) is 0.654. The van der Waals surface area contributed by atoms with E-state index in [0.717, 1.165) is 12.8 Å². The Morgan fingerprint density at radius 1 is 1.12 bits per heavy atom. The summed E-state index contributed by atoms with van der Waals surface area (Å²) >= 11 is 0. The summed E-state index contributed by atoms with van der Waals surface area (Å²) in [6, 6.07) is 1.39. The van der Waals surface area contributed by atoms with Crippen LogP contribution in [0, 0.1) is 5.92 Å². The second-order valence-corrected chi connectivity index (χ2v) is 12.2. The predicted octanol–water partition coefficient (Wildman–Crippen LogP) is 4.64. The Kier molecular flexibility index (Phi) is 5.74. The number of hydrogen-bond donors (Lipinski definition) is 0. The Hall–Kier alpha value is -0.113. The highest BCUT2D eigenvalue weighted by molar-refractivity contribution is 6.76. The van der Waals surface area contributed by atoms with E-state index in [2.05, 4.69) is 19.6 Å². The van der Waals surface area contributed by atoms with Gasteiger partial charge in [0, 0.05) is 20.4 Å². The minimum Gasteiger partial charge on any atom is -0.299 e. The van der Waals surface area contributed by atoms with Crippen molar-refractivity contribution in [2.24, 2.45) is 5.92 Å². The molecule has 0 aromatic carbocycles. The van der Waals surface area contributed by atoms with Crippen molar-refractivity contribution in [1.29, 1.82) is 0 Å². The largest absolute Gasteiger partial charge is 0.299 e. The minimum atomic E-state index is -0.898. The first kappa shape index (κ1) is 13.9. The number of ketones is 1. The van der Waals surface area contributed by atoms with Crippen LogP contribution in [0.5, 0.6) is 0 Å². The molecule has 1 aliphatic carbocycles. The van der Waals surface area contributed by atoms with Gasteiger partial charge in [0.05, 0.1) is 0 Å². The maximum absolute atomic E-state index is 11.9. The fraction of sp³-hybridized carbons (Fsp3) is 0.929. The first-order chi connectivity index (χ1) is 7.49. The van der Waals surface area contributed by atoms with E-state index in [9.17, 15) is 4.79 Å². The molecule has 1 atom stereocenters. The molecule has 0 heterocycles. The van der Waals surface area contributed by atoms with Gasteiger partial charge in [0.1, 0.15) is 5.78 Å². The summed E-state index contributed by atoms with van der Waals surface area (Å²) in [6.07, 6.45) is 9.52. The highest BCUT2D eigenvalue weighted by atomic mass is 28.3. The molecule has 0 amide bonds. The van der Waals surface area contributed by atoms with Crippen molar-refractivity contribution in [2.75, 3.05) is 0 Å². The van der Waals surface area contributed by atoms with Crippen LogP contribution in [0.1, 0.15) is 51.4 Å². The monoisotopic (exact) mass is 240 g/mol. The molecule has 94 valence electrons.